The first-order valence-corrected chi connectivity index (χ1v) is 17.1. The maximum absolute atomic E-state index is 14.2. The average Bonchev–Trinajstić information content (AvgIpc) is 3.75. The summed E-state index contributed by atoms with van der Waals surface area (Å²) in [5, 5.41) is 16.9. The number of fused-ring (bicyclic) bond motifs is 2. The second-order valence-electron chi connectivity index (χ2n) is 12.9. The van der Waals surface area contributed by atoms with Gasteiger partial charge in [-0.05, 0) is 45.1 Å². The van der Waals surface area contributed by atoms with Crippen LogP contribution in [-0.2, 0) is 43.1 Å². The van der Waals surface area contributed by atoms with Crippen molar-refractivity contribution in [3.63, 3.8) is 0 Å². The van der Waals surface area contributed by atoms with E-state index in [1.807, 2.05) is 0 Å². The molecule has 0 saturated carbocycles. The molecule has 280 valence electrons. The highest BCUT2D eigenvalue weighted by atomic mass is 16.5. The largest absolute Gasteiger partial charge is 0.481 e. The number of carbonyl (C=O) groups excluding carboxylic acids is 7. The van der Waals surface area contributed by atoms with Crippen molar-refractivity contribution in [2.24, 2.45) is 22.4 Å². The van der Waals surface area contributed by atoms with E-state index in [1.54, 1.807) is 13.8 Å². The van der Waals surface area contributed by atoms with E-state index < -0.39 is 102 Å². The minimum Gasteiger partial charge on any atom is -0.481 e. The third-order valence-electron chi connectivity index (χ3n) is 9.20. The number of nitrogens with two attached hydrogens (primary N) is 2. The van der Waals surface area contributed by atoms with Gasteiger partial charge in [0.1, 0.15) is 42.5 Å². The maximum atomic E-state index is 14.2. The quantitative estimate of drug-likeness (QED) is 0.0912. The zero-order chi connectivity index (χ0) is 37.8. The number of rotatable bonds is 12. The molecule has 0 aromatic carbocycles. The highest BCUT2D eigenvalue weighted by molar-refractivity contribution is 6.41. The summed E-state index contributed by atoms with van der Waals surface area (Å²) in [7, 11) is 0. The van der Waals surface area contributed by atoms with Gasteiger partial charge >= 0.3 is 5.97 Å². The van der Waals surface area contributed by atoms with Crippen LogP contribution in [0.3, 0.4) is 0 Å². The van der Waals surface area contributed by atoms with Crippen LogP contribution in [0.2, 0.25) is 0 Å². The Morgan fingerprint density at radius 2 is 1.71 bits per heavy atom. The van der Waals surface area contributed by atoms with Crippen LogP contribution in [-0.4, -0.2) is 130 Å². The molecule has 18 heteroatoms. The molecule has 7 amide bonds. The van der Waals surface area contributed by atoms with Crippen LogP contribution in [0.15, 0.2) is 4.99 Å². The summed E-state index contributed by atoms with van der Waals surface area (Å²) in [4.78, 5) is 113. The molecule has 0 aromatic rings. The molecule has 0 aromatic heterocycles. The number of aliphatic carboxylic acids is 1. The molecule has 0 radical (unpaired) electrons. The summed E-state index contributed by atoms with van der Waals surface area (Å²) in [6.07, 6.45) is 4.99. The fourth-order valence-corrected chi connectivity index (χ4v) is 6.34. The number of carboxylic acids is 1. The van der Waals surface area contributed by atoms with E-state index in [2.05, 4.69) is 26.9 Å². The number of nitrogens with one attached hydrogen (secondary N) is 3. The van der Waals surface area contributed by atoms with Gasteiger partial charge in [-0.1, -0.05) is 19.8 Å². The Labute approximate surface area is 295 Å². The lowest BCUT2D eigenvalue weighted by Gasteiger charge is -2.33. The van der Waals surface area contributed by atoms with Crippen molar-refractivity contribution in [2.75, 3.05) is 26.2 Å². The van der Waals surface area contributed by atoms with Crippen molar-refractivity contribution in [1.82, 2.24) is 25.8 Å². The summed E-state index contributed by atoms with van der Waals surface area (Å²) < 4.78 is 5.66. The highest BCUT2D eigenvalue weighted by Crippen LogP contribution is 2.28. The minimum atomic E-state index is -1.80. The molecule has 51 heavy (non-hydrogen) atoms. The number of amides is 7. The number of terminal acetylenes is 1. The van der Waals surface area contributed by atoms with Gasteiger partial charge in [-0.25, -0.2) is 4.99 Å². The molecule has 0 unspecified atom stereocenters. The van der Waals surface area contributed by atoms with E-state index in [-0.39, 0.29) is 44.7 Å². The molecule has 0 bridgehead atoms. The summed E-state index contributed by atoms with van der Waals surface area (Å²) in [5.41, 5.74) is 10.8. The molecule has 3 heterocycles. The van der Waals surface area contributed by atoms with Crippen LogP contribution in [0, 0.1) is 18.3 Å². The first-order valence-electron chi connectivity index (χ1n) is 17.1. The van der Waals surface area contributed by atoms with Crippen molar-refractivity contribution >= 4 is 53.0 Å². The molecule has 7 atom stereocenters. The number of hydrogen-bond donors (Lipinski definition) is 6. The van der Waals surface area contributed by atoms with E-state index in [1.165, 1.54) is 4.90 Å². The fraction of sp³-hybridized carbons (Fsp3) is 0.667. The lowest BCUT2D eigenvalue weighted by Crippen LogP contribution is -2.59. The van der Waals surface area contributed by atoms with E-state index in [0.29, 0.717) is 32.2 Å². The Morgan fingerprint density at radius 3 is 2.33 bits per heavy atom. The van der Waals surface area contributed by atoms with Gasteiger partial charge in [0.2, 0.25) is 29.5 Å². The maximum Gasteiger partial charge on any atom is 0.305 e. The Balaban J connectivity index is 2.17. The number of primary amides is 1. The van der Waals surface area contributed by atoms with E-state index in [0.717, 1.165) is 4.90 Å². The molecule has 3 aliphatic heterocycles. The Hall–Kier alpha value is -4.89. The number of carbonyl (C=O) groups is 8. The first-order chi connectivity index (χ1) is 24.2. The second-order valence-corrected chi connectivity index (χ2v) is 12.9. The number of ether oxygens (including phenoxy) is 1. The van der Waals surface area contributed by atoms with Gasteiger partial charge in [0, 0.05) is 25.4 Å². The lowest BCUT2D eigenvalue weighted by atomic mass is 10.0. The third kappa shape index (κ3) is 10.8. The normalized spacial score (nSPS) is 27.2. The predicted molar refractivity (Wildman–Crippen MR) is 180 cm³/mol. The number of carboxylic acid groups (broad SMARTS) is 1. The van der Waals surface area contributed by atoms with Crippen LogP contribution in [0.5, 0.6) is 0 Å². The van der Waals surface area contributed by atoms with Gasteiger partial charge in [0.15, 0.2) is 0 Å². The third-order valence-corrected chi connectivity index (χ3v) is 9.20. The second kappa shape index (κ2) is 18.9. The van der Waals surface area contributed by atoms with Crippen molar-refractivity contribution in [2.45, 2.75) is 108 Å². The highest BCUT2D eigenvalue weighted by Gasteiger charge is 2.47. The van der Waals surface area contributed by atoms with Gasteiger partial charge in [0.05, 0.1) is 18.9 Å². The van der Waals surface area contributed by atoms with Gasteiger partial charge in [-0.2, -0.15) is 0 Å². The minimum absolute atomic E-state index is 0.0284. The van der Waals surface area contributed by atoms with Gasteiger partial charge in [-0.3, -0.25) is 38.4 Å². The molecule has 0 spiro atoms. The number of unbranched alkanes of at least 4 members (excludes halogenated alkanes) is 1. The molecule has 2 fully saturated rings. The summed E-state index contributed by atoms with van der Waals surface area (Å²) in [6, 6.07) is -6.90. The van der Waals surface area contributed by atoms with E-state index >= 15 is 0 Å². The number of aliphatic imine (C=N–C) groups is 1. The Bertz CT molecular complexity index is 1440. The van der Waals surface area contributed by atoms with Crippen molar-refractivity contribution < 1.29 is 48.2 Å². The first kappa shape index (κ1) is 40.5. The fourth-order valence-electron chi connectivity index (χ4n) is 6.34. The number of hydrogen-bond acceptors (Lipinski definition) is 10. The average molecular weight is 717 g/mol. The SMILES string of the molecule is C#CCO[C@H]1C[C@H]2C(=O)N3CCC[C@H]3C(=O)N[C@@H](CCCCN)C(=O)N=C([C@H](C)CC)C(=O)N[C@@H](CC(=O)O)C(=O)N[C@@H](CC(N)=O)C(=O)N2C1. The topological polar surface area (TPSA) is 273 Å². The van der Waals surface area contributed by atoms with E-state index in [9.17, 15) is 43.5 Å². The van der Waals surface area contributed by atoms with Gasteiger partial charge in [-0.15, -0.1) is 6.42 Å². The monoisotopic (exact) mass is 716 g/mol. The van der Waals surface area contributed by atoms with Crippen LogP contribution in [0.25, 0.3) is 0 Å². The standard InChI is InChI=1S/C33H48N8O10/c1-4-13-51-19-14-24-33(50)40-12-8-10-23(40)30(47)36-20(9-6-7-11-34)28(45)39-27(18(3)5-2)31(48)37-21(16-26(43)44)29(46)38-22(15-25(35)42)32(49)41(24)17-19/h1,18-24H,5-17,34H2,2-3H3,(H2,35,42)(H,36,47)(H,37,48)(H,38,46)(H,43,44)/t18-,19+,20+,21+,22+,23+,24+/m1/s1. The van der Waals surface area contributed by atoms with Gasteiger partial charge < -0.3 is 47.1 Å². The summed E-state index contributed by atoms with van der Waals surface area (Å²) in [6.45, 7) is 3.49. The van der Waals surface area contributed by atoms with Gasteiger partial charge in [0.25, 0.3) is 11.8 Å². The molecule has 3 aliphatic rings. The van der Waals surface area contributed by atoms with Crippen LogP contribution in [0.4, 0.5) is 0 Å². The molecular weight excluding hydrogens is 668 g/mol. The molecule has 18 nitrogen and oxygen atoms in total. The van der Waals surface area contributed by atoms with Crippen molar-refractivity contribution in [3.05, 3.63) is 0 Å². The Morgan fingerprint density at radius 1 is 1.00 bits per heavy atom. The molecule has 3 rings (SSSR count). The molecule has 2 saturated heterocycles. The van der Waals surface area contributed by atoms with Crippen molar-refractivity contribution in [1.29, 1.82) is 0 Å². The Kier molecular flexibility index (Phi) is 15.0. The summed E-state index contributed by atoms with van der Waals surface area (Å²) >= 11 is 0. The molecular formula is C33H48N8O10. The molecule has 8 N–H and O–H groups in total. The zero-order valence-corrected chi connectivity index (χ0v) is 28.9. The smallest absolute Gasteiger partial charge is 0.305 e. The van der Waals surface area contributed by atoms with Crippen LogP contribution >= 0.6 is 0 Å². The van der Waals surface area contributed by atoms with Crippen LogP contribution in [0.1, 0.15) is 71.6 Å². The predicted octanol–water partition coefficient (Wildman–Crippen LogP) is -2.44. The van der Waals surface area contributed by atoms with Crippen molar-refractivity contribution in [3.8, 4) is 12.3 Å². The number of nitrogens with zero attached hydrogens (tertiary/aromatic N) is 3. The van der Waals surface area contributed by atoms with E-state index in [4.69, 9.17) is 22.6 Å². The van der Waals surface area contributed by atoms with Crippen LogP contribution < -0.4 is 27.4 Å². The lowest BCUT2D eigenvalue weighted by molar-refractivity contribution is -0.148. The molecule has 0 aliphatic carbocycles. The zero-order valence-electron chi connectivity index (χ0n) is 28.9. The summed E-state index contributed by atoms with van der Waals surface area (Å²) in [5.74, 6) is -5.98.